The number of aromatic hydroxyl groups is 2. The van der Waals surface area contributed by atoms with Crippen LogP contribution in [0.5, 0.6) is 11.5 Å². The van der Waals surface area contributed by atoms with Gasteiger partial charge in [-0.3, -0.25) is 0 Å². The van der Waals surface area contributed by atoms with Crippen molar-refractivity contribution in [2.45, 2.75) is 46.0 Å². The van der Waals surface area contributed by atoms with Crippen molar-refractivity contribution >= 4 is 32.3 Å². The summed E-state index contributed by atoms with van der Waals surface area (Å²) >= 11 is 0. The van der Waals surface area contributed by atoms with Crippen molar-refractivity contribution in [3.8, 4) is 33.8 Å². The minimum Gasteiger partial charge on any atom is -0.508 e. The van der Waals surface area contributed by atoms with Gasteiger partial charge in [-0.2, -0.15) is 0 Å². The molecule has 0 spiro atoms. The van der Waals surface area contributed by atoms with E-state index < -0.39 is 5.41 Å². The molecular formula is C55H48O2. The van der Waals surface area contributed by atoms with Gasteiger partial charge in [0.1, 0.15) is 11.5 Å². The summed E-state index contributed by atoms with van der Waals surface area (Å²) in [4.78, 5) is 0. The molecule has 1 atom stereocenters. The van der Waals surface area contributed by atoms with Crippen LogP contribution in [-0.2, 0) is 5.41 Å². The molecule has 0 radical (unpaired) electrons. The lowest BCUT2D eigenvalue weighted by Gasteiger charge is -2.34. The second-order valence-electron chi connectivity index (χ2n) is 14.4. The minimum absolute atomic E-state index is 0.273. The quantitative estimate of drug-likeness (QED) is 0.185. The van der Waals surface area contributed by atoms with E-state index in [4.69, 9.17) is 0 Å². The van der Waals surface area contributed by atoms with Crippen LogP contribution >= 0.6 is 0 Å². The molecule has 0 saturated heterocycles. The molecule has 0 heterocycles. The van der Waals surface area contributed by atoms with Crippen molar-refractivity contribution in [3.05, 3.63) is 215 Å². The Morgan fingerprint density at radius 2 is 0.754 bits per heavy atom. The summed E-state index contributed by atoms with van der Waals surface area (Å²) in [5.41, 5.74) is 12.7. The second kappa shape index (κ2) is 15.5. The van der Waals surface area contributed by atoms with Gasteiger partial charge in [-0.1, -0.05) is 168 Å². The van der Waals surface area contributed by atoms with Crippen LogP contribution in [0.15, 0.2) is 182 Å². The van der Waals surface area contributed by atoms with Gasteiger partial charge in [-0.05, 0) is 136 Å². The Bertz CT molecular complexity index is 2770. The molecule has 9 aromatic carbocycles. The second-order valence-corrected chi connectivity index (χ2v) is 14.4. The molecular weight excluding hydrogens is 693 g/mol. The molecule has 0 amide bonds. The molecule has 2 heteroatoms. The molecule has 11 rings (SSSR count). The fourth-order valence-corrected chi connectivity index (χ4v) is 9.09. The third-order valence-corrected chi connectivity index (χ3v) is 11.6. The Balaban J connectivity index is 0.000000173. The van der Waals surface area contributed by atoms with Crippen molar-refractivity contribution in [3.63, 3.8) is 0 Å². The fraction of sp³-hybridized carbons (Fsp3) is 0.127. The molecule has 1 unspecified atom stereocenters. The van der Waals surface area contributed by atoms with E-state index >= 15 is 0 Å². The van der Waals surface area contributed by atoms with Crippen LogP contribution < -0.4 is 0 Å². The first kappa shape index (κ1) is 37.3. The van der Waals surface area contributed by atoms with Gasteiger partial charge in [0.15, 0.2) is 0 Å². The van der Waals surface area contributed by atoms with Gasteiger partial charge >= 0.3 is 0 Å². The normalized spacial score (nSPS) is 13.8. The third kappa shape index (κ3) is 6.23. The van der Waals surface area contributed by atoms with Crippen LogP contribution in [0.2, 0.25) is 0 Å². The summed E-state index contributed by atoms with van der Waals surface area (Å²) in [5.74, 6) is 1.06. The summed E-state index contributed by atoms with van der Waals surface area (Å²) in [6.07, 6.45) is 0. The van der Waals surface area contributed by atoms with E-state index in [9.17, 15) is 10.2 Å². The van der Waals surface area contributed by atoms with Gasteiger partial charge in [-0.25, -0.2) is 0 Å². The number of phenolic OH excluding ortho intramolecular Hbond substituents is 2. The summed E-state index contributed by atoms with van der Waals surface area (Å²) in [7, 11) is 0. The van der Waals surface area contributed by atoms with Crippen LogP contribution in [0, 0.1) is 0 Å². The molecule has 2 aliphatic rings. The molecule has 57 heavy (non-hydrogen) atoms. The monoisotopic (exact) mass is 740 g/mol. The largest absolute Gasteiger partial charge is 0.508 e. The number of phenols is 2. The smallest absolute Gasteiger partial charge is 0.116 e. The Labute approximate surface area is 336 Å². The zero-order valence-corrected chi connectivity index (χ0v) is 33.3. The summed E-state index contributed by atoms with van der Waals surface area (Å²) < 4.78 is 0. The molecule has 2 aliphatic carbocycles. The van der Waals surface area contributed by atoms with Gasteiger partial charge in [0.05, 0.1) is 5.41 Å². The van der Waals surface area contributed by atoms with Gasteiger partial charge < -0.3 is 10.2 Å². The number of fused-ring (bicyclic) bond motifs is 9. The molecule has 0 fully saturated rings. The first-order valence-electron chi connectivity index (χ1n) is 20.3. The Kier molecular flexibility index (Phi) is 10.1. The highest BCUT2D eigenvalue weighted by Crippen LogP contribution is 2.56. The number of hydrogen-bond acceptors (Lipinski definition) is 2. The lowest BCUT2D eigenvalue weighted by atomic mass is 9.67. The number of hydrogen-bond donors (Lipinski definition) is 2. The maximum atomic E-state index is 10.0. The molecule has 0 aliphatic heterocycles. The highest BCUT2D eigenvalue weighted by Gasteiger charge is 2.46. The van der Waals surface area contributed by atoms with Crippen LogP contribution in [-0.4, -0.2) is 10.2 Å². The standard InChI is InChI=1S/C33H22O2.C18H14.2C2H6/c34-27-15-11-21-17-25(13-9-23(21)19-27)33(26-14-10-24-20-28(35)16-12-22(24)18-26)31-7-3-1-5-29(31)30-6-2-4-8-32(30)33;1-12-15-8-4-5-9-16(15)18-11-14-7-3-2-6-13(14)10-17(12)18;2*1-2/h1-20,34-35H;2-12H,1H3;2*1-2H3. The van der Waals surface area contributed by atoms with Crippen molar-refractivity contribution in [2.24, 2.45) is 0 Å². The van der Waals surface area contributed by atoms with Crippen LogP contribution in [0.25, 0.3) is 54.6 Å². The van der Waals surface area contributed by atoms with Gasteiger partial charge in [-0.15, -0.1) is 0 Å². The fourth-order valence-electron chi connectivity index (χ4n) is 9.09. The van der Waals surface area contributed by atoms with E-state index in [1.165, 1.54) is 66.4 Å². The maximum absolute atomic E-state index is 10.0. The highest BCUT2D eigenvalue weighted by molar-refractivity contribution is 5.94. The average molecular weight is 741 g/mol. The Morgan fingerprint density at radius 1 is 0.351 bits per heavy atom. The van der Waals surface area contributed by atoms with Crippen molar-refractivity contribution in [1.82, 2.24) is 0 Å². The highest BCUT2D eigenvalue weighted by atomic mass is 16.3. The van der Waals surface area contributed by atoms with Crippen molar-refractivity contribution < 1.29 is 10.2 Å². The minimum atomic E-state index is -0.495. The third-order valence-electron chi connectivity index (χ3n) is 11.6. The van der Waals surface area contributed by atoms with Crippen molar-refractivity contribution in [1.29, 1.82) is 0 Å². The SMILES string of the molecule is CC.CC.CC1c2ccccc2-c2cc3ccccc3cc21.Oc1ccc2cc(C3(c4ccc5cc(O)ccc5c4)c4ccccc4-c4ccccc43)ccc2c1. The van der Waals surface area contributed by atoms with Crippen LogP contribution in [0.1, 0.15) is 73.9 Å². The number of rotatable bonds is 2. The lowest BCUT2D eigenvalue weighted by molar-refractivity contribution is 0.475. The van der Waals surface area contributed by atoms with Gasteiger partial charge in [0.2, 0.25) is 0 Å². The lowest BCUT2D eigenvalue weighted by Crippen LogP contribution is -2.28. The zero-order valence-electron chi connectivity index (χ0n) is 33.3. The van der Waals surface area contributed by atoms with E-state index in [1.807, 2.05) is 52.0 Å². The zero-order chi connectivity index (χ0) is 39.7. The predicted octanol–water partition coefficient (Wildman–Crippen LogP) is 14.8. The molecule has 280 valence electrons. The predicted molar refractivity (Wildman–Crippen MR) is 242 cm³/mol. The van der Waals surface area contributed by atoms with Gasteiger partial charge in [0.25, 0.3) is 0 Å². The molecule has 9 aromatic rings. The van der Waals surface area contributed by atoms with Gasteiger partial charge in [0, 0.05) is 5.92 Å². The maximum Gasteiger partial charge on any atom is 0.116 e. The van der Waals surface area contributed by atoms with E-state index in [0.717, 1.165) is 21.5 Å². The van der Waals surface area contributed by atoms with E-state index in [2.05, 4.69) is 153 Å². The topological polar surface area (TPSA) is 40.5 Å². The summed E-state index contributed by atoms with van der Waals surface area (Å²) in [6.45, 7) is 10.3. The molecule has 2 N–H and O–H groups in total. The first-order chi connectivity index (χ1) is 28.0. The summed E-state index contributed by atoms with van der Waals surface area (Å²) in [5, 5.41) is 26.9. The summed E-state index contributed by atoms with van der Waals surface area (Å²) in [6, 6.07) is 63.7. The molecule has 0 aromatic heterocycles. The number of benzene rings is 9. The average Bonchev–Trinajstić information content (AvgIpc) is 3.73. The van der Waals surface area contributed by atoms with E-state index in [1.54, 1.807) is 12.1 Å². The van der Waals surface area contributed by atoms with Crippen molar-refractivity contribution in [2.75, 3.05) is 0 Å². The first-order valence-corrected chi connectivity index (χ1v) is 20.3. The molecule has 2 nitrogen and oxygen atoms in total. The molecule has 0 bridgehead atoms. The Morgan fingerprint density at radius 3 is 1.30 bits per heavy atom. The Hall–Kier alpha value is -6.64. The molecule has 0 saturated carbocycles. The van der Waals surface area contributed by atoms with E-state index in [-0.39, 0.29) is 11.5 Å². The van der Waals surface area contributed by atoms with Crippen LogP contribution in [0.4, 0.5) is 0 Å². The van der Waals surface area contributed by atoms with E-state index in [0.29, 0.717) is 5.92 Å². The van der Waals surface area contributed by atoms with Crippen LogP contribution in [0.3, 0.4) is 0 Å².